The van der Waals surface area contributed by atoms with Gasteiger partial charge in [-0.25, -0.2) is 0 Å². The molecule has 0 unspecified atom stereocenters. The average molecular weight is 216 g/mol. The highest BCUT2D eigenvalue weighted by atomic mass is 32.1. The van der Waals surface area contributed by atoms with E-state index in [4.69, 9.17) is 11.5 Å². The maximum absolute atomic E-state index is 5.64. The number of thiocarbonyl (C=S) groups is 1. The topological polar surface area (TPSA) is 67.6 Å². The first-order chi connectivity index (χ1) is 6.57. The second kappa shape index (κ2) is 7.55. The number of guanidine groups is 1. The fourth-order valence-corrected chi connectivity index (χ4v) is 1.18. The molecule has 0 radical (unpaired) electrons. The third-order valence-corrected chi connectivity index (χ3v) is 2.05. The number of hydrogen-bond donors (Lipinski definition) is 2. The van der Waals surface area contributed by atoms with Crippen molar-refractivity contribution in [3.8, 4) is 0 Å². The summed E-state index contributed by atoms with van der Waals surface area (Å²) in [6, 6.07) is 0. The van der Waals surface area contributed by atoms with Gasteiger partial charge in [0.2, 0.25) is 0 Å². The number of aliphatic imine (C=N–C) groups is 1. The summed E-state index contributed by atoms with van der Waals surface area (Å²) in [4.78, 5) is 5.68. The van der Waals surface area contributed by atoms with Gasteiger partial charge in [-0.2, -0.15) is 4.99 Å². The summed E-state index contributed by atoms with van der Waals surface area (Å²) < 4.78 is 0. The van der Waals surface area contributed by atoms with Crippen LogP contribution >= 0.6 is 12.2 Å². The van der Waals surface area contributed by atoms with E-state index in [1.807, 2.05) is 11.9 Å². The first kappa shape index (κ1) is 13.2. The third kappa shape index (κ3) is 6.65. The van der Waals surface area contributed by atoms with Gasteiger partial charge in [-0.05, 0) is 18.6 Å². The van der Waals surface area contributed by atoms with Gasteiger partial charge in [-0.1, -0.05) is 26.2 Å². The highest BCUT2D eigenvalue weighted by Gasteiger charge is 2.00. The second-order valence-electron chi connectivity index (χ2n) is 3.29. The molecule has 14 heavy (non-hydrogen) atoms. The minimum absolute atomic E-state index is 0.0860. The minimum atomic E-state index is 0.0860. The van der Waals surface area contributed by atoms with Crippen molar-refractivity contribution in [3.63, 3.8) is 0 Å². The molecule has 0 saturated heterocycles. The third-order valence-electron chi connectivity index (χ3n) is 1.96. The van der Waals surface area contributed by atoms with E-state index in [-0.39, 0.29) is 5.11 Å². The molecular formula is C9H20N4S. The molecule has 0 aliphatic heterocycles. The Balaban J connectivity index is 3.72. The number of rotatable bonds is 5. The summed E-state index contributed by atoms with van der Waals surface area (Å²) in [5.74, 6) is 0.397. The molecule has 0 rings (SSSR count). The zero-order chi connectivity index (χ0) is 11.0. The SMILES string of the molecule is CCCCCCN(C)/C(N)=N/C(N)=S. The fourth-order valence-electron chi connectivity index (χ4n) is 1.09. The predicted molar refractivity (Wildman–Crippen MR) is 65.2 cm³/mol. The molecule has 0 aromatic carbocycles. The van der Waals surface area contributed by atoms with Crippen molar-refractivity contribution in [2.75, 3.05) is 13.6 Å². The molecule has 0 saturated carbocycles. The van der Waals surface area contributed by atoms with E-state index < -0.39 is 0 Å². The maximum atomic E-state index is 5.64. The molecule has 0 amide bonds. The van der Waals surface area contributed by atoms with E-state index in [2.05, 4.69) is 24.1 Å². The Morgan fingerprint density at radius 2 is 1.93 bits per heavy atom. The van der Waals surface area contributed by atoms with Gasteiger partial charge in [0.15, 0.2) is 11.1 Å². The van der Waals surface area contributed by atoms with Crippen LogP contribution in [0.4, 0.5) is 0 Å². The van der Waals surface area contributed by atoms with Crippen LogP contribution in [0.25, 0.3) is 0 Å². The van der Waals surface area contributed by atoms with Gasteiger partial charge in [-0.15, -0.1) is 0 Å². The zero-order valence-electron chi connectivity index (χ0n) is 8.99. The van der Waals surface area contributed by atoms with Gasteiger partial charge in [0.05, 0.1) is 0 Å². The highest BCUT2D eigenvalue weighted by Crippen LogP contribution is 1.99. The Morgan fingerprint density at radius 1 is 1.29 bits per heavy atom. The highest BCUT2D eigenvalue weighted by molar-refractivity contribution is 7.80. The van der Waals surface area contributed by atoms with Gasteiger partial charge in [0.1, 0.15) is 0 Å². The Bertz CT molecular complexity index is 203. The Kier molecular flexibility index (Phi) is 7.10. The lowest BCUT2D eigenvalue weighted by atomic mass is 10.2. The average Bonchev–Trinajstić information content (AvgIpc) is 2.11. The van der Waals surface area contributed by atoms with Crippen LogP contribution in [0.5, 0.6) is 0 Å². The van der Waals surface area contributed by atoms with E-state index >= 15 is 0 Å². The lowest BCUT2D eigenvalue weighted by Crippen LogP contribution is -2.36. The van der Waals surface area contributed by atoms with Crippen molar-refractivity contribution in [2.45, 2.75) is 32.6 Å². The summed E-state index contributed by atoms with van der Waals surface area (Å²) >= 11 is 4.63. The predicted octanol–water partition coefficient (Wildman–Crippen LogP) is 1.06. The molecule has 0 spiro atoms. The largest absolute Gasteiger partial charge is 0.374 e. The molecule has 0 bridgehead atoms. The number of nitrogens with two attached hydrogens (primary N) is 2. The molecule has 0 aromatic heterocycles. The minimum Gasteiger partial charge on any atom is -0.374 e. The van der Waals surface area contributed by atoms with E-state index in [1.165, 1.54) is 19.3 Å². The first-order valence-corrected chi connectivity index (χ1v) is 5.33. The van der Waals surface area contributed by atoms with E-state index in [0.717, 1.165) is 13.0 Å². The van der Waals surface area contributed by atoms with Gasteiger partial charge >= 0.3 is 0 Å². The molecule has 0 aliphatic rings. The van der Waals surface area contributed by atoms with Gasteiger partial charge < -0.3 is 16.4 Å². The molecule has 5 heteroatoms. The van der Waals surface area contributed by atoms with E-state index in [0.29, 0.717) is 5.96 Å². The van der Waals surface area contributed by atoms with Crippen LogP contribution < -0.4 is 11.5 Å². The van der Waals surface area contributed by atoms with Crippen molar-refractivity contribution in [1.29, 1.82) is 0 Å². The maximum Gasteiger partial charge on any atom is 0.198 e. The normalized spacial score (nSPS) is 11.4. The van der Waals surface area contributed by atoms with Crippen molar-refractivity contribution in [3.05, 3.63) is 0 Å². The molecule has 4 nitrogen and oxygen atoms in total. The molecule has 4 N–H and O–H groups in total. The summed E-state index contributed by atoms with van der Waals surface area (Å²) in [7, 11) is 1.89. The van der Waals surface area contributed by atoms with Gasteiger partial charge in [-0.3, -0.25) is 0 Å². The van der Waals surface area contributed by atoms with Crippen LogP contribution in [0.15, 0.2) is 4.99 Å². The van der Waals surface area contributed by atoms with Crippen LogP contribution in [0, 0.1) is 0 Å². The monoisotopic (exact) mass is 216 g/mol. The summed E-state index contributed by atoms with van der Waals surface area (Å²) in [5.41, 5.74) is 10.9. The molecule has 82 valence electrons. The smallest absolute Gasteiger partial charge is 0.198 e. The zero-order valence-corrected chi connectivity index (χ0v) is 9.81. The van der Waals surface area contributed by atoms with Crippen molar-refractivity contribution in [1.82, 2.24) is 4.90 Å². The number of unbranched alkanes of at least 4 members (excludes halogenated alkanes) is 3. The first-order valence-electron chi connectivity index (χ1n) is 4.92. The number of hydrogen-bond acceptors (Lipinski definition) is 1. The Hall–Kier alpha value is -0.840. The van der Waals surface area contributed by atoms with Gasteiger partial charge in [0, 0.05) is 13.6 Å². The molecule has 0 aliphatic carbocycles. The quantitative estimate of drug-likeness (QED) is 0.312. The second-order valence-corrected chi connectivity index (χ2v) is 3.71. The standard InChI is InChI=1S/C9H20N4S/c1-3-4-5-6-7-13(2)8(10)12-9(11)14/h3-7H2,1-2H3,(H4,10,11,12,14). The van der Waals surface area contributed by atoms with Crippen molar-refractivity contribution >= 4 is 23.3 Å². The van der Waals surface area contributed by atoms with Crippen LogP contribution in [0.3, 0.4) is 0 Å². The van der Waals surface area contributed by atoms with Crippen LogP contribution in [0.2, 0.25) is 0 Å². The van der Waals surface area contributed by atoms with Crippen LogP contribution in [-0.2, 0) is 0 Å². The van der Waals surface area contributed by atoms with E-state index in [1.54, 1.807) is 0 Å². The van der Waals surface area contributed by atoms with Crippen LogP contribution in [-0.4, -0.2) is 29.6 Å². The molecule has 0 atom stereocenters. The summed E-state index contributed by atoms with van der Waals surface area (Å²) in [5, 5.41) is 0.0860. The summed E-state index contributed by atoms with van der Waals surface area (Å²) in [6.45, 7) is 3.09. The van der Waals surface area contributed by atoms with Crippen LogP contribution in [0.1, 0.15) is 32.6 Å². The Labute approximate surface area is 91.4 Å². The molecule has 0 aromatic rings. The molecule has 0 heterocycles. The molecular weight excluding hydrogens is 196 g/mol. The fraction of sp³-hybridized carbons (Fsp3) is 0.778. The Morgan fingerprint density at radius 3 is 2.43 bits per heavy atom. The lowest BCUT2D eigenvalue weighted by Gasteiger charge is -2.17. The lowest BCUT2D eigenvalue weighted by molar-refractivity contribution is 0.467. The molecule has 0 fully saturated rings. The number of nitrogens with zero attached hydrogens (tertiary/aromatic N) is 2. The van der Waals surface area contributed by atoms with Crippen molar-refractivity contribution < 1.29 is 0 Å². The van der Waals surface area contributed by atoms with E-state index in [9.17, 15) is 0 Å². The summed E-state index contributed by atoms with van der Waals surface area (Å²) in [6.07, 6.45) is 4.85. The van der Waals surface area contributed by atoms with Crippen molar-refractivity contribution in [2.24, 2.45) is 16.5 Å². The van der Waals surface area contributed by atoms with Gasteiger partial charge in [0.25, 0.3) is 0 Å².